The van der Waals surface area contributed by atoms with Crippen molar-refractivity contribution in [3.63, 3.8) is 0 Å². The zero-order chi connectivity index (χ0) is 26.3. The first-order chi connectivity index (χ1) is 16.4. The molecule has 1 heterocycles. The van der Waals surface area contributed by atoms with Gasteiger partial charge in [-0.3, -0.25) is 24.1 Å². The lowest BCUT2D eigenvalue weighted by Gasteiger charge is -2.26. The summed E-state index contributed by atoms with van der Waals surface area (Å²) in [6.07, 6.45) is 3.68. The van der Waals surface area contributed by atoms with Crippen molar-refractivity contribution in [2.45, 2.75) is 72.8 Å². The van der Waals surface area contributed by atoms with E-state index in [2.05, 4.69) is 20.8 Å². The van der Waals surface area contributed by atoms with E-state index in [4.69, 9.17) is 16.3 Å². The summed E-state index contributed by atoms with van der Waals surface area (Å²) in [5.74, 6) is -1.93. The third-order valence-corrected chi connectivity index (χ3v) is 6.92. The molecule has 194 valence electrons. The van der Waals surface area contributed by atoms with Crippen LogP contribution in [0.2, 0.25) is 5.02 Å². The van der Waals surface area contributed by atoms with E-state index >= 15 is 0 Å². The number of hydrogen-bond acceptors (Lipinski definition) is 6. The van der Waals surface area contributed by atoms with Crippen LogP contribution in [0.5, 0.6) is 5.75 Å². The fraction of sp³-hybridized carbons (Fsp3) is 0.630. The summed E-state index contributed by atoms with van der Waals surface area (Å²) >= 11 is 7.50. The van der Waals surface area contributed by atoms with Gasteiger partial charge in [0.25, 0.3) is 0 Å². The number of likely N-dealkylation sites (tertiary alicyclic amines) is 1. The number of benzene rings is 1. The summed E-state index contributed by atoms with van der Waals surface area (Å²) < 4.78 is 5.73. The molecule has 0 aromatic heterocycles. The summed E-state index contributed by atoms with van der Waals surface area (Å²) in [6, 6.07) is 4.43. The van der Waals surface area contributed by atoms with Crippen molar-refractivity contribution >= 4 is 46.7 Å². The van der Waals surface area contributed by atoms with Crippen molar-refractivity contribution < 1.29 is 23.9 Å². The fourth-order valence-corrected chi connectivity index (χ4v) is 5.38. The Bertz CT molecular complexity index is 942. The highest BCUT2D eigenvalue weighted by Crippen LogP contribution is 2.31. The third kappa shape index (κ3) is 8.35. The van der Waals surface area contributed by atoms with Gasteiger partial charge in [0.15, 0.2) is 17.5 Å². The fourth-order valence-electron chi connectivity index (χ4n) is 4.69. The molecule has 2 rings (SSSR count). The number of nitrogens with zero attached hydrogens (tertiary/aromatic N) is 1. The molecule has 6 nitrogen and oxygen atoms in total. The van der Waals surface area contributed by atoms with E-state index in [1.807, 2.05) is 20.1 Å². The number of carbonyl (C=O) groups is 4. The Balaban J connectivity index is 2.03. The molecule has 0 saturated carbocycles. The van der Waals surface area contributed by atoms with Gasteiger partial charge in [0.1, 0.15) is 11.8 Å². The molecule has 8 heteroatoms. The highest BCUT2D eigenvalue weighted by atomic mass is 35.5. The molecule has 35 heavy (non-hydrogen) atoms. The molecule has 0 radical (unpaired) electrons. The molecule has 1 aliphatic heterocycles. The molecule has 1 aromatic rings. The number of thioether (sulfide) groups is 1. The molecule has 0 aliphatic carbocycles. The van der Waals surface area contributed by atoms with Crippen LogP contribution in [0.3, 0.4) is 0 Å². The maximum absolute atomic E-state index is 13.2. The SMILES string of the molecule is CSCCC1C(=O)C(C(=O)CCCOc2ccc(Cl)cc2C)C(=O)N1C(=O)CC(C)CC(C)(C)C. The Hall–Kier alpha value is -1.86. The Morgan fingerprint density at radius 3 is 2.51 bits per heavy atom. The second-order valence-corrected chi connectivity index (χ2v) is 12.1. The van der Waals surface area contributed by atoms with Crippen molar-refractivity contribution in [2.24, 2.45) is 17.3 Å². The summed E-state index contributed by atoms with van der Waals surface area (Å²) in [6.45, 7) is 10.4. The molecule has 3 unspecified atom stereocenters. The first-order valence-corrected chi connectivity index (χ1v) is 13.9. The third-order valence-electron chi connectivity index (χ3n) is 6.04. The van der Waals surface area contributed by atoms with Crippen LogP contribution in [0.25, 0.3) is 0 Å². The Labute approximate surface area is 218 Å². The van der Waals surface area contributed by atoms with Crippen LogP contribution in [0.4, 0.5) is 0 Å². The number of hydrogen-bond donors (Lipinski definition) is 0. The molecule has 1 aromatic carbocycles. The minimum Gasteiger partial charge on any atom is -0.493 e. The Morgan fingerprint density at radius 1 is 1.23 bits per heavy atom. The molecule has 0 spiro atoms. The van der Waals surface area contributed by atoms with Crippen molar-refractivity contribution in [3.05, 3.63) is 28.8 Å². The first kappa shape index (κ1) is 29.4. The van der Waals surface area contributed by atoms with Crippen LogP contribution >= 0.6 is 23.4 Å². The number of aryl methyl sites for hydroxylation is 1. The molecule has 2 amide bonds. The molecule has 1 aliphatic rings. The number of rotatable bonds is 12. The number of Topliss-reactive ketones (excluding diaryl/α,β-unsaturated/α-hetero) is 2. The minimum atomic E-state index is -1.39. The van der Waals surface area contributed by atoms with E-state index in [1.54, 1.807) is 30.0 Å². The number of ether oxygens (including phenoxy) is 1. The average molecular weight is 524 g/mol. The van der Waals surface area contributed by atoms with Gasteiger partial charge in [-0.15, -0.1) is 0 Å². The van der Waals surface area contributed by atoms with Crippen LogP contribution in [-0.4, -0.2) is 52.9 Å². The van der Waals surface area contributed by atoms with Gasteiger partial charge in [-0.1, -0.05) is 39.3 Å². The summed E-state index contributed by atoms with van der Waals surface area (Å²) in [7, 11) is 0. The van der Waals surface area contributed by atoms with Gasteiger partial charge in [-0.25, -0.2) is 0 Å². The van der Waals surface area contributed by atoms with E-state index in [-0.39, 0.29) is 36.7 Å². The quantitative estimate of drug-likeness (QED) is 0.265. The molecule has 1 saturated heterocycles. The van der Waals surface area contributed by atoms with Crippen LogP contribution in [0.15, 0.2) is 18.2 Å². The second-order valence-electron chi connectivity index (χ2n) is 10.6. The van der Waals surface area contributed by atoms with E-state index < -0.39 is 29.4 Å². The van der Waals surface area contributed by atoms with Crippen LogP contribution in [-0.2, 0) is 19.2 Å². The Kier molecular flexibility index (Phi) is 10.8. The van der Waals surface area contributed by atoms with Gasteiger partial charge in [-0.05, 0) is 73.3 Å². The zero-order valence-corrected chi connectivity index (χ0v) is 23.3. The monoisotopic (exact) mass is 523 g/mol. The van der Waals surface area contributed by atoms with Crippen molar-refractivity contribution in [1.82, 2.24) is 4.90 Å². The van der Waals surface area contributed by atoms with Crippen molar-refractivity contribution in [2.75, 3.05) is 18.6 Å². The average Bonchev–Trinajstić information content (AvgIpc) is 2.98. The van der Waals surface area contributed by atoms with Crippen molar-refractivity contribution in [1.29, 1.82) is 0 Å². The molecular weight excluding hydrogens is 486 g/mol. The smallest absolute Gasteiger partial charge is 0.248 e. The Morgan fingerprint density at radius 2 is 1.91 bits per heavy atom. The molecular formula is C27H38ClNO5S. The van der Waals surface area contributed by atoms with E-state index in [1.165, 1.54) is 0 Å². The zero-order valence-electron chi connectivity index (χ0n) is 21.7. The maximum Gasteiger partial charge on any atom is 0.248 e. The number of halogens is 1. The van der Waals surface area contributed by atoms with Gasteiger partial charge >= 0.3 is 0 Å². The highest BCUT2D eigenvalue weighted by molar-refractivity contribution is 7.98. The van der Waals surface area contributed by atoms with Gasteiger partial charge in [0.2, 0.25) is 11.8 Å². The first-order valence-electron chi connectivity index (χ1n) is 12.2. The maximum atomic E-state index is 13.2. The number of amides is 2. The standard InChI is InChI=1S/C27H38ClNO5S/c1-17(16-27(3,4)5)14-23(31)29-20(11-13-35-6)25(32)24(26(29)33)21(30)8-7-12-34-22-10-9-19(28)15-18(22)2/h9-10,15,17,20,24H,7-8,11-14,16H2,1-6H3. The van der Waals surface area contributed by atoms with Gasteiger partial charge in [0, 0.05) is 17.9 Å². The summed E-state index contributed by atoms with van der Waals surface area (Å²) in [5.41, 5.74) is 0.935. The van der Waals surface area contributed by atoms with Crippen molar-refractivity contribution in [3.8, 4) is 5.75 Å². The summed E-state index contributed by atoms with van der Waals surface area (Å²) in [5, 5.41) is 0.617. The van der Waals surface area contributed by atoms with E-state index in [9.17, 15) is 19.2 Å². The predicted molar refractivity (Wildman–Crippen MR) is 141 cm³/mol. The van der Waals surface area contributed by atoms with E-state index in [0.717, 1.165) is 16.9 Å². The number of carbonyl (C=O) groups excluding carboxylic acids is 4. The van der Waals surface area contributed by atoms with E-state index in [0.29, 0.717) is 29.4 Å². The minimum absolute atomic E-state index is 0.0342. The predicted octanol–water partition coefficient (Wildman–Crippen LogP) is 5.51. The van der Waals surface area contributed by atoms with Crippen LogP contribution in [0.1, 0.15) is 65.4 Å². The number of ketones is 2. The van der Waals surface area contributed by atoms with Gasteiger partial charge in [-0.2, -0.15) is 11.8 Å². The lowest BCUT2D eigenvalue weighted by atomic mass is 9.84. The lowest BCUT2D eigenvalue weighted by Crippen LogP contribution is -2.42. The highest BCUT2D eigenvalue weighted by Gasteiger charge is 2.52. The normalized spacial score (nSPS) is 19.2. The molecule has 0 bridgehead atoms. The topological polar surface area (TPSA) is 80.8 Å². The molecule has 0 N–H and O–H groups in total. The van der Waals surface area contributed by atoms with Gasteiger partial charge in [0.05, 0.1) is 6.61 Å². The molecule has 3 atom stereocenters. The largest absolute Gasteiger partial charge is 0.493 e. The number of imide groups is 1. The summed E-state index contributed by atoms with van der Waals surface area (Å²) in [4.78, 5) is 53.5. The lowest BCUT2D eigenvalue weighted by molar-refractivity contribution is -0.147. The van der Waals surface area contributed by atoms with Crippen LogP contribution < -0.4 is 4.74 Å². The molecule has 1 fully saturated rings. The van der Waals surface area contributed by atoms with Crippen LogP contribution in [0, 0.1) is 24.2 Å². The second kappa shape index (κ2) is 12.9. The van der Waals surface area contributed by atoms with Gasteiger partial charge < -0.3 is 4.74 Å².